The number of carboxylic acid groups (broad SMARTS) is 1. The first kappa shape index (κ1) is 14.4. The summed E-state index contributed by atoms with van der Waals surface area (Å²) in [4.78, 5) is 24.8. The van der Waals surface area contributed by atoms with Crippen molar-refractivity contribution in [2.75, 3.05) is 18.4 Å². The number of carboxylic acids is 1. The normalized spacial score (nSPS) is 16.6. The molecule has 0 radical (unpaired) electrons. The van der Waals surface area contributed by atoms with Crippen molar-refractivity contribution in [1.29, 1.82) is 0 Å². The maximum atomic E-state index is 12.5. The number of amides is 1. The van der Waals surface area contributed by atoms with E-state index >= 15 is 0 Å². The lowest BCUT2D eigenvalue weighted by molar-refractivity contribution is -0.145. The summed E-state index contributed by atoms with van der Waals surface area (Å²) in [6, 6.07) is 7.43. The van der Waals surface area contributed by atoms with Gasteiger partial charge in [0.2, 0.25) is 5.91 Å². The van der Waals surface area contributed by atoms with Crippen LogP contribution >= 0.6 is 0 Å². The van der Waals surface area contributed by atoms with Gasteiger partial charge in [0, 0.05) is 18.7 Å². The number of nitrogens with zero attached hydrogens (tertiary/aromatic N) is 1. The summed E-state index contributed by atoms with van der Waals surface area (Å²) in [5.74, 6) is -0.881. The van der Waals surface area contributed by atoms with Crippen LogP contribution in [0.1, 0.15) is 19.4 Å². The van der Waals surface area contributed by atoms with Crippen molar-refractivity contribution in [3.8, 4) is 0 Å². The second-order valence-electron chi connectivity index (χ2n) is 5.56. The average Bonchev–Trinajstić information content (AvgIpc) is 2.79. The van der Waals surface area contributed by atoms with Crippen LogP contribution in [-0.2, 0) is 16.0 Å². The summed E-state index contributed by atoms with van der Waals surface area (Å²) < 4.78 is 0. The first-order valence-corrected chi connectivity index (χ1v) is 6.82. The molecule has 20 heavy (non-hydrogen) atoms. The molecular weight excluding hydrogens is 256 g/mol. The average molecular weight is 276 g/mol. The van der Waals surface area contributed by atoms with Crippen molar-refractivity contribution >= 4 is 17.6 Å². The van der Waals surface area contributed by atoms with E-state index in [2.05, 4.69) is 5.32 Å². The molecule has 0 spiro atoms. The largest absolute Gasteiger partial charge is 0.480 e. The number of carbonyl (C=O) groups is 2. The third-order valence-electron chi connectivity index (χ3n) is 3.29. The van der Waals surface area contributed by atoms with Crippen LogP contribution in [0.15, 0.2) is 24.3 Å². The van der Waals surface area contributed by atoms with Gasteiger partial charge in [-0.25, -0.2) is 0 Å². The first-order valence-electron chi connectivity index (χ1n) is 6.82. The van der Waals surface area contributed by atoms with E-state index in [1.807, 2.05) is 38.1 Å². The van der Waals surface area contributed by atoms with Gasteiger partial charge in [-0.3, -0.25) is 9.59 Å². The minimum Gasteiger partial charge on any atom is -0.480 e. The van der Waals surface area contributed by atoms with Crippen molar-refractivity contribution in [1.82, 2.24) is 4.90 Å². The summed E-state index contributed by atoms with van der Waals surface area (Å²) in [6.45, 7) is 4.16. The van der Waals surface area contributed by atoms with E-state index in [-0.39, 0.29) is 24.4 Å². The number of nitrogens with one attached hydrogen (secondary N) is 1. The highest BCUT2D eigenvalue weighted by Crippen LogP contribution is 2.26. The third kappa shape index (κ3) is 3.29. The van der Waals surface area contributed by atoms with Gasteiger partial charge in [0.1, 0.15) is 12.6 Å². The Kier molecular flexibility index (Phi) is 4.27. The predicted molar refractivity (Wildman–Crippen MR) is 76.6 cm³/mol. The molecule has 2 N–H and O–H groups in total. The molecule has 5 nitrogen and oxygen atoms in total. The third-order valence-corrected chi connectivity index (χ3v) is 3.29. The zero-order valence-corrected chi connectivity index (χ0v) is 11.8. The van der Waals surface area contributed by atoms with E-state index in [0.717, 1.165) is 11.3 Å². The summed E-state index contributed by atoms with van der Waals surface area (Å²) >= 11 is 0. The lowest BCUT2D eigenvalue weighted by atomic mass is 10.1. The molecule has 0 aliphatic carbocycles. The van der Waals surface area contributed by atoms with E-state index in [0.29, 0.717) is 13.0 Å². The molecule has 1 aliphatic heterocycles. The molecule has 0 saturated heterocycles. The fourth-order valence-corrected chi connectivity index (χ4v) is 2.50. The van der Waals surface area contributed by atoms with Crippen molar-refractivity contribution < 1.29 is 14.7 Å². The molecule has 0 aromatic heterocycles. The first-order chi connectivity index (χ1) is 9.47. The molecule has 108 valence electrons. The van der Waals surface area contributed by atoms with Gasteiger partial charge in [-0.2, -0.15) is 0 Å². The van der Waals surface area contributed by atoms with Crippen LogP contribution < -0.4 is 5.32 Å². The molecule has 0 saturated carbocycles. The van der Waals surface area contributed by atoms with Crippen molar-refractivity contribution in [2.24, 2.45) is 5.92 Å². The van der Waals surface area contributed by atoms with E-state index in [4.69, 9.17) is 5.11 Å². The molecule has 5 heteroatoms. The van der Waals surface area contributed by atoms with Gasteiger partial charge >= 0.3 is 5.97 Å². The minimum atomic E-state index is -0.977. The molecule has 1 heterocycles. The summed E-state index contributed by atoms with van der Waals surface area (Å²) in [6.07, 6.45) is 0.614. The maximum absolute atomic E-state index is 12.5. The maximum Gasteiger partial charge on any atom is 0.323 e. The molecule has 1 atom stereocenters. The van der Waals surface area contributed by atoms with E-state index in [1.165, 1.54) is 4.90 Å². The fourth-order valence-electron chi connectivity index (χ4n) is 2.50. The quantitative estimate of drug-likeness (QED) is 0.857. The fraction of sp³-hybridized carbons (Fsp3) is 0.467. The monoisotopic (exact) mass is 276 g/mol. The number of fused-ring (bicyclic) bond motifs is 1. The van der Waals surface area contributed by atoms with Crippen LogP contribution in [0.3, 0.4) is 0 Å². The van der Waals surface area contributed by atoms with Crippen LogP contribution in [0, 0.1) is 5.92 Å². The molecule has 1 aromatic carbocycles. The van der Waals surface area contributed by atoms with Crippen LogP contribution in [0.4, 0.5) is 5.69 Å². The van der Waals surface area contributed by atoms with Gasteiger partial charge in [-0.15, -0.1) is 0 Å². The van der Waals surface area contributed by atoms with E-state index in [1.54, 1.807) is 0 Å². The Bertz CT molecular complexity index is 489. The molecule has 1 unspecified atom stereocenters. The lowest BCUT2D eigenvalue weighted by Crippen LogP contribution is -2.46. The van der Waals surface area contributed by atoms with E-state index in [9.17, 15) is 9.59 Å². The number of hydrogen-bond acceptors (Lipinski definition) is 3. The number of hydrogen-bond donors (Lipinski definition) is 2. The highest BCUT2D eigenvalue weighted by atomic mass is 16.4. The second kappa shape index (κ2) is 5.94. The Morgan fingerprint density at radius 2 is 2.10 bits per heavy atom. The molecule has 0 bridgehead atoms. The van der Waals surface area contributed by atoms with Gasteiger partial charge in [-0.1, -0.05) is 32.0 Å². The smallest absolute Gasteiger partial charge is 0.323 e. The number of rotatable bonds is 5. The Morgan fingerprint density at radius 1 is 1.40 bits per heavy atom. The van der Waals surface area contributed by atoms with Crippen molar-refractivity contribution in [3.63, 3.8) is 0 Å². The molecule has 2 rings (SSSR count). The van der Waals surface area contributed by atoms with Gasteiger partial charge < -0.3 is 15.3 Å². The Balaban J connectivity index is 2.07. The van der Waals surface area contributed by atoms with Crippen LogP contribution in [0.5, 0.6) is 0 Å². The van der Waals surface area contributed by atoms with Gasteiger partial charge in [-0.05, 0) is 17.5 Å². The second-order valence-corrected chi connectivity index (χ2v) is 5.56. The number of para-hydroxylation sites is 1. The highest BCUT2D eigenvalue weighted by molar-refractivity contribution is 5.89. The molecule has 0 fully saturated rings. The van der Waals surface area contributed by atoms with Gasteiger partial charge in [0.15, 0.2) is 0 Å². The predicted octanol–water partition coefficient (Wildman–Crippen LogP) is 1.59. The minimum absolute atomic E-state index is 0.141. The molecular formula is C15H20N2O3. The molecule has 1 amide bonds. The molecule has 1 aliphatic rings. The number of anilines is 1. The summed E-state index contributed by atoms with van der Waals surface area (Å²) in [5, 5.41) is 12.1. The Hall–Kier alpha value is -2.04. The van der Waals surface area contributed by atoms with Crippen LogP contribution in [0.2, 0.25) is 0 Å². The van der Waals surface area contributed by atoms with Crippen molar-refractivity contribution in [2.45, 2.75) is 26.3 Å². The Labute approximate surface area is 118 Å². The number of benzene rings is 1. The van der Waals surface area contributed by atoms with E-state index < -0.39 is 5.97 Å². The molecule has 1 aromatic rings. The Morgan fingerprint density at radius 3 is 2.70 bits per heavy atom. The number of aliphatic carboxylic acids is 1. The van der Waals surface area contributed by atoms with Gasteiger partial charge in [0.05, 0.1) is 0 Å². The summed E-state index contributed by atoms with van der Waals surface area (Å²) in [7, 11) is 0. The zero-order valence-electron chi connectivity index (χ0n) is 11.8. The highest BCUT2D eigenvalue weighted by Gasteiger charge is 2.31. The zero-order chi connectivity index (χ0) is 14.7. The lowest BCUT2D eigenvalue weighted by Gasteiger charge is -2.25. The van der Waals surface area contributed by atoms with Gasteiger partial charge in [0.25, 0.3) is 0 Å². The SMILES string of the molecule is CC(C)CN(CC(=O)O)C(=O)C1Cc2ccccc2N1. The van der Waals surface area contributed by atoms with Crippen LogP contribution in [0.25, 0.3) is 0 Å². The van der Waals surface area contributed by atoms with Crippen molar-refractivity contribution in [3.05, 3.63) is 29.8 Å². The topological polar surface area (TPSA) is 69.6 Å². The number of carbonyl (C=O) groups excluding carboxylic acids is 1. The standard InChI is InChI=1S/C15H20N2O3/c1-10(2)8-17(9-14(18)19)15(20)13-7-11-5-3-4-6-12(11)16-13/h3-6,10,13,16H,7-9H2,1-2H3,(H,18,19). The summed E-state index contributed by atoms with van der Waals surface area (Å²) in [5.41, 5.74) is 2.07. The van der Waals surface area contributed by atoms with Crippen LogP contribution in [-0.4, -0.2) is 41.0 Å².